The summed E-state index contributed by atoms with van der Waals surface area (Å²) in [5, 5.41) is 9.01. The van der Waals surface area contributed by atoms with Crippen LogP contribution in [0.15, 0.2) is 29.2 Å². The molecule has 0 aromatic heterocycles. The zero-order valence-electron chi connectivity index (χ0n) is 10.7. The van der Waals surface area contributed by atoms with E-state index in [1.165, 1.54) is 24.3 Å². The molecule has 86 valence electrons. The van der Waals surface area contributed by atoms with Gasteiger partial charge in [-0.25, -0.2) is 0 Å². The Balaban J connectivity index is 0. The Morgan fingerprint density at radius 1 is 1.38 bits per heavy atom. The standard InChI is InChI=1S/C10H14O4S.Na.H/c1-3-8(2)14-15(12,13)10-6-4-9(11)5-7-10;;/h4-8,11H,3H2,1-2H3;;/q;+1;-1. The number of phenolic OH excluding ortho intramolecular Hbond substituents is 1. The van der Waals surface area contributed by atoms with Gasteiger partial charge in [-0.05, 0) is 37.6 Å². The Hall–Kier alpha value is -0.0700. The summed E-state index contributed by atoms with van der Waals surface area (Å²) in [7, 11) is -3.70. The zero-order chi connectivity index (χ0) is 11.5. The fraction of sp³-hybridized carbons (Fsp3) is 0.400. The second kappa shape index (κ2) is 6.61. The van der Waals surface area contributed by atoms with Gasteiger partial charge in [0.05, 0.1) is 11.0 Å². The van der Waals surface area contributed by atoms with Crippen molar-refractivity contribution in [2.75, 3.05) is 0 Å². The number of benzene rings is 1. The van der Waals surface area contributed by atoms with Crippen LogP contribution < -0.4 is 29.6 Å². The zero-order valence-corrected chi connectivity index (χ0v) is 12.5. The van der Waals surface area contributed by atoms with Crippen molar-refractivity contribution in [1.29, 1.82) is 0 Å². The Morgan fingerprint density at radius 3 is 2.31 bits per heavy atom. The third kappa shape index (κ3) is 4.43. The number of phenols is 1. The smallest absolute Gasteiger partial charge is 1.00 e. The SMILES string of the molecule is CCC(C)OS(=O)(=O)c1ccc(O)cc1.[H-].[Na+]. The van der Waals surface area contributed by atoms with E-state index in [0.717, 1.165) is 0 Å². The van der Waals surface area contributed by atoms with Gasteiger partial charge in [-0.2, -0.15) is 8.42 Å². The number of rotatable bonds is 4. The number of hydrogen-bond donors (Lipinski definition) is 1. The van der Waals surface area contributed by atoms with Gasteiger partial charge in [0.1, 0.15) is 5.75 Å². The van der Waals surface area contributed by atoms with Crippen molar-refractivity contribution in [1.82, 2.24) is 0 Å². The Labute approximate surface area is 120 Å². The van der Waals surface area contributed by atoms with Gasteiger partial charge in [0.25, 0.3) is 10.1 Å². The molecule has 0 fully saturated rings. The molecule has 1 unspecified atom stereocenters. The minimum Gasteiger partial charge on any atom is -1.00 e. The first-order chi connectivity index (χ1) is 6.95. The summed E-state index contributed by atoms with van der Waals surface area (Å²) in [6.45, 7) is 3.54. The molecule has 0 heterocycles. The van der Waals surface area contributed by atoms with E-state index in [-0.39, 0.29) is 47.7 Å². The van der Waals surface area contributed by atoms with Gasteiger partial charge in [-0.15, -0.1) is 0 Å². The van der Waals surface area contributed by atoms with Gasteiger partial charge in [-0.3, -0.25) is 4.18 Å². The molecule has 1 atom stereocenters. The minimum absolute atomic E-state index is 0. The molecule has 0 saturated heterocycles. The second-order valence-electron chi connectivity index (χ2n) is 3.26. The van der Waals surface area contributed by atoms with Crippen molar-refractivity contribution in [2.24, 2.45) is 0 Å². The summed E-state index contributed by atoms with van der Waals surface area (Å²) in [6, 6.07) is 5.25. The molecule has 0 aliphatic rings. The van der Waals surface area contributed by atoms with Gasteiger partial charge in [0.2, 0.25) is 0 Å². The van der Waals surface area contributed by atoms with E-state index in [4.69, 9.17) is 9.29 Å². The van der Waals surface area contributed by atoms with Gasteiger partial charge >= 0.3 is 29.6 Å². The topological polar surface area (TPSA) is 63.6 Å². The van der Waals surface area contributed by atoms with Crippen molar-refractivity contribution in [3.05, 3.63) is 24.3 Å². The molecule has 0 amide bonds. The van der Waals surface area contributed by atoms with E-state index >= 15 is 0 Å². The Kier molecular flexibility index (Phi) is 6.58. The van der Waals surface area contributed by atoms with Crippen LogP contribution in [0.4, 0.5) is 0 Å². The van der Waals surface area contributed by atoms with E-state index in [2.05, 4.69) is 0 Å². The van der Waals surface area contributed by atoms with Crippen LogP contribution in [0.5, 0.6) is 5.75 Å². The molecule has 0 aliphatic carbocycles. The first-order valence-corrected chi connectivity index (χ1v) is 6.09. The molecule has 0 saturated carbocycles. The fourth-order valence-electron chi connectivity index (χ4n) is 0.953. The first-order valence-electron chi connectivity index (χ1n) is 4.68. The predicted molar refractivity (Wildman–Crippen MR) is 57.2 cm³/mol. The number of hydrogen-bond acceptors (Lipinski definition) is 4. The normalized spacial score (nSPS) is 12.9. The third-order valence-electron chi connectivity index (χ3n) is 1.99. The van der Waals surface area contributed by atoms with Gasteiger partial charge < -0.3 is 6.53 Å². The molecule has 1 aromatic carbocycles. The first kappa shape index (κ1) is 15.9. The maximum Gasteiger partial charge on any atom is 1.00 e. The van der Waals surface area contributed by atoms with Gasteiger partial charge in [-0.1, -0.05) is 6.92 Å². The largest absolute Gasteiger partial charge is 1.00 e. The summed E-state index contributed by atoms with van der Waals surface area (Å²) < 4.78 is 28.1. The average Bonchev–Trinajstić information content (AvgIpc) is 2.17. The predicted octanol–water partition coefficient (Wildman–Crippen LogP) is -0.988. The summed E-state index contributed by atoms with van der Waals surface area (Å²) in [5.41, 5.74) is 0. The van der Waals surface area contributed by atoms with E-state index in [1.54, 1.807) is 6.92 Å². The summed E-state index contributed by atoms with van der Waals surface area (Å²) in [4.78, 5) is 0.0561. The van der Waals surface area contributed by atoms with E-state index < -0.39 is 10.1 Å². The molecule has 1 N–H and O–H groups in total. The monoisotopic (exact) mass is 254 g/mol. The molecule has 4 nitrogen and oxygen atoms in total. The van der Waals surface area contributed by atoms with Crippen molar-refractivity contribution < 1.29 is 48.7 Å². The van der Waals surface area contributed by atoms with Gasteiger partial charge in [0, 0.05) is 0 Å². The van der Waals surface area contributed by atoms with Crippen LogP contribution in [0, 0.1) is 0 Å². The molecular weight excluding hydrogens is 239 g/mol. The molecule has 6 heteroatoms. The Bertz CT molecular complexity index is 418. The maximum absolute atomic E-state index is 11.6. The average molecular weight is 254 g/mol. The molecule has 0 aliphatic heterocycles. The molecule has 0 radical (unpaired) electrons. The van der Waals surface area contributed by atoms with Crippen LogP contribution in [0.25, 0.3) is 0 Å². The summed E-state index contributed by atoms with van der Waals surface area (Å²) in [6.07, 6.45) is 0.279. The molecule has 0 spiro atoms. The molecule has 16 heavy (non-hydrogen) atoms. The van der Waals surface area contributed by atoms with Crippen LogP contribution in [-0.4, -0.2) is 19.6 Å². The summed E-state index contributed by atoms with van der Waals surface area (Å²) in [5.74, 6) is 0.0255. The fourth-order valence-corrected chi connectivity index (χ4v) is 2.10. The molecule has 0 bridgehead atoms. The quantitative estimate of drug-likeness (QED) is 0.554. The van der Waals surface area contributed by atoms with Gasteiger partial charge in [0.15, 0.2) is 0 Å². The van der Waals surface area contributed by atoms with Crippen LogP contribution in [0.3, 0.4) is 0 Å². The molecular formula is C10H15NaO4S. The second-order valence-corrected chi connectivity index (χ2v) is 4.84. The number of aromatic hydroxyl groups is 1. The van der Waals surface area contributed by atoms with Crippen molar-refractivity contribution in [3.63, 3.8) is 0 Å². The van der Waals surface area contributed by atoms with Crippen LogP contribution in [-0.2, 0) is 14.3 Å². The molecule has 1 rings (SSSR count). The van der Waals surface area contributed by atoms with Crippen molar-refractivity contribution >= 4 is 10.1 Å². The van der Waals surface area contributed by atoms with Crippen molar-refractivity contribution in [2.45, 2.75) is 31.3 Å². The van der Waals surface area contributed by atoms with Crippen molar-refractivity contribution in [3.8, 4) is 5.75 Å². The Morgan fingerprint density at radius 2 is 1.88 bits per heavy atom. The van der Waals surface area contributed by atoms with E-state index in [0.29, 0.717) is 6.42 Å². The van der Waals surface area contributed by atoms with E-state index in [1.807, 2.05) is 6.92 Å². The minimum atomic E-state index is -3.70. The molecule has 1 aromatic rings. The van der Waals surface area contributed by atoms with Crippen LogP contribution >= 0.6 is 0 Å². The third-order valence-corrected chi connectivity index (χ3v) is 3.42. The maximum atomic E-state index is 11.6. The summed E-state index contributed by atoms with van der Waals surface area (Å²) >= 11 is 0. The van der Waals surface area contributed by atoms with Crippen LogP contribution in [0.2, 0.25) is 0 Å². The van der Waals surface area contributed by atoms with Crippen LogP contribution in [0.1, 0.15) is 21.7 Å². The van der Waals surface area contributed by atoms with E-state index in [9.17, 15) is 8.42 Å².